The van der Waals surface area contributed by atoms with Crippen molar-refractivity contribution >= 4 is 16.8 Å². The molecular weight excluding hydrogens is 437 g/mol. The van der Waals surface area contributed by atoms with Crippen molar-refractivity contribution in [3.8, 4) is 11.5 Å². The summed E-state index contributed by atoms with van der Waals surface area (Å²) in [7, 11) is 0. The summed E-state index contributed by atoms with van der Waals surface area (Å²) in [5.74, 6) is -1.72. The second-order valence-corrected chi connectivity index (χ2v) is 9.55. The van der Waals surface area contributed by atoms with Crippen molar-refractivity contribution in [3.05, 3.63) is 58.8 Å². The number of piperidine rings is 1. The molecule has 7 rings (SSSR count). The lowest BCUT2D eigenvalue weighted by atomic mass is 9.49. The van der Waals surface area contributed by atoms with Crippen LogP contribution in [0.2, 0.25) is 0 Å². The number of phenolic OH excluding ortho intramolecular Hbond substituents is 1. The van der Waals surface area contributed by atoms with E-state index in [0.717, 1.165) is 27.1 Å². The van der Waals surface area contributed by atoms with Crippen LogP contribution in [0.5, 0.6) is 11.5 Å². The number of carbonyl (C=O) groups is 1. The number of H-pyrrole nitrogens is 1. The molecule has 1 saturated heterocycles. The van der Waals surface area contributed by atoms with Crippen LogP contribution in [0.25, 0.3) is 10.9 Å². The highest BCUT2D eigenvalue weighted by atomic mass is 19.4. The van der Waals surface area contributed by atoms with Gasteiger partial charge in [-0.25, -0.2) is 0 Å². The number of aromatic nitrogens is 1. The van der Waals surface area contributed by atoms with Crippen LogP contribution >= 0.6 is 0 Å². The van der Waals surface area contributed by atoms with E-state index in [1.54, 1.807) is 6.07 Å². The third-order valence-electron chi connectivity index (χ3n) is 8.27. The molecule has 3 N–H and O–H groups in total. The number of nitrogens with zero attached hydrogens (tertiary/aromatic N) is 1. The van der Waals surface area contributed by atoms with Crippen molar-refractivity contribution in [2.24, 2.45) is 0 Å². The molecule has 1 amide bonds. The summed E-state index contributed by atoms with van der Waals surface area (Å²) in [5.41, 5.74) is 0.961. The van der Waals surface area contributed by atoms with Crippen molar-refractivity contribution in [2.75, 3.05) is 6.54 Å². The van der Waals surface area contributed by atoms with Crippen molar-refractivity contribution in [3.63, 3.8) is 0 Å². The Kier molecular flexibility index (Phi) is 3.30. The molecule has 9 heteroatoms. The molecule has 2 aliphatic carbocycles. The van der Waals surface area contributed by atoms with Crippen LogP contribution in [0, 0.1) is 0 Å². The average molecular weight is 456 g/mol. The van der Waals surface area contributed by atoms with Gasteiger partial charge < -0.3 is 24.8 Å². The minimum absolute atomic E-state index is 0.0520. The molecule has 0 unspecified atom stereocenters. The zero-order valence-corrected chi connectivity index (χ0v) is 17.2. The number of carbonyl (C=O) groups excluding carboxylic acids is 1. The first-order valence-corrected chi connectivity index (χ1v) is 10.9. The Morgan fingerprint density at radius 2 is 2.00 bits per heavy atom. The van der Waals surface area contributed by atoms with Gasteiger partial charge in [-0.2, -0.15) is 13.2 Å². The Balaban J connectivity index is 1.53. The summed E-state index contributed by atoms with van der Waals surface area (Å²) < 4.78 is 46.8. The van der Waals surface area contributed by atoms with Gasteiger partial charge in [0.05, 0.1) is 17.2 Å². The maximum atomic E-state index is 13.5. The molecule has 0 radical (unpaired) electrons. The third-order valence-corrected chi connectivity index (χ3v) is 8.27. The molecule has 6 nitrogen and oxygen atoms in total. The summed E-state index contributed by atoms with van der Waals surface area (Å²) in [6, 6.07) is 9.59. The quantitative estimate of drug-likeness (QED) is 0.485. The number of para-hydroxylation sites is 1. The first-order chi connectivity index (χ1) is 15.7. The van der Waals surface area contributed by atoms with Crippen molar-refractivity contribution < 1.29 is 32.9 Å². The second kappa shape index (κ2) is 5.64. The molecular formula is C24H19F3N2O4. The Bertz CT molecular complexity index is 1380. The van der Waals surface area contributed by atoms with Gasteiger partial charge in [0.15, 0.2) is 17.6 Å². The van der Waals surface area contributed by atoms with E-state index in [-0.39, 0.29) is 37.3 Å². The van der Waals surface area contributed by atoms with E-state index in [4.69, 9.17) is 4.74 Å². The zero-order valence-electron chi connectivity index (χ0n) is 17.2. The van der Waals surface area contributed by atoms with E-state index >= 15 is 0 Å². The van der Waals surface area contributed by atoms with Crippen LogP contribution < -0.4 is 4.74 Å². The minimum atomic E-state index is -5.03. The Hall–Kier alpha value is -3.20. The highest BCUT2D eigenvalue weighted by molar-refractivity contribution is 5.87. The fourth-order valence-electron chi connectivity index (χ4n) is 7.04. The number of alkyl halides is 3. The van der Waals surface area contributed by atoms with Crippen molar-refractivity contribution in [1.82, 2.24) is 9.88 Å². The fourth-order valence-corrected chi connectivity index (χ4v) is 7.04. The number of amides is 1. The topological polar surface area (TPSA) is 85.8 Å². The number of aromatic amines is 1. The van der Waals surface area contributed by atoms with Crippen LogP contribution in [0.1, 0.15) is 34.9 Å². The van der Waals surface area contributed by atoms with E-state index in [0.29, 0.717) is 11.1 Å². The van der Waals surface area contributed by atoms with E-state index in [2.05, 4.69) is 4.98 Å². The number of rotatable bonds is 0. The molecule has 33 heavy (non-hydrogen) atoms. The number of hydrogen-bond acceptors (Lipinski definition) is 4. The number of fused-ring (bicyclic) bond motifs is 4. The SMILES string of the molecule is O=C(N1CC[C@]23c4c5ccc(O)c4O[C@H]2c2[nH]c4ccccc4c2C[C@@]3(O)[C@H]1C5)C(F)(F)F. The molecule has 1 fully saturated rings. The van der Waals surface area contributed by atoms with E-state index in [1.807, 2.05) is 24.3 Å². The van der Waals surface area contributed by atoms with Crippen molar-refractivity contribution in [1.29, 1.82) is 0 Å². The first kappa shape index (κ1) is 19.3. The van der Waals surface area contributed by atoms with Gasteiger partial charge in [-0.05, 0) is 36.1 Å². The summed E-state index contributed by atoms with van der Waals surface area (Å²) in [6.45, 7) is -0.157. The minimum Gasteiger partial charge on any atom is -0.504 e. The first-order valence-electron chi connectivity index (χ1n) is 10.9. The number of likely N-dealkylation sites (tertiary alicyclic amines) is 1. The van der Waals surface area contributed by atoms with Crippen LogP contribution in [-0.4, -0.2) is 50.4 Å². The predicted octanol–water partition coefficient (Wildman–Crippen LogP) is 3.25. The molecule has 3 aromatic rings. The summed E-state index contributed by atoms with van der Waals surface area (Å²) >= 11 is 0. The third kappa shape index (κ3) is 2.04. The van der Waals surface area contributed by atoms with Gasteiger partial charge in [-0.3, -0.25) is 4.79 Å². The predicted molar refractivity (Wildman–Crippen MR) is 110 cm³/mol. The molecule has 3 heterocycles. The lowest BCUT2D eigenvalue weighted by Crippen LogP contribution is -2.75. The number of benzene rings is 2. The van der Waals surface area contributed by atoms with Gasteiger partial charge >= 0.3 is 12.1 Å². The maximum Gasteiger partial charge on any atom is 0.471 e. The molecule has 0 saturated carbocycles. The molecule has 2 bridgehead atoms. The number of phenols is 1. The molecule has 1 aromatic heterocycles. The van der Waals surface area contributed by atoms with Gasteiger partial charge in [-0.15, -0.1) is 0 Å². The Morgan fingerprint density at radius 1 is 1.21 bits per heavy atom. The van der Waals surface area contributed by atoms with Crippen LogP contribution in [0.4, 0.5) is 13.2 Å². The summed E-state index contributed by atoms with van der Waals surface area (Å²) in [6.07, 6.45) is -5.53. The van der Waals surface area contributed by atoms with Gasteiger partial charge in [0.25, 0.3) is 0 Å². The van der Waals surface area contributed by atoms with Gasteiger partial charge in [0, 0.05) is 29.4 Å². The van der Waals surface area contributed by atoms with Gasteiger partial charge in [0.1, 0.15) is 5.60 Å². The van der Waals surface area contributed by atoms with Crippen LogP contribution in [0.15, 0.2) is 36.4 Å². The molecule has 4 atom stereocenters. The second-order valence-electron chi connectivity index (χ2n) is 9.55. The number of nitrogens with one attached hydrogen (secondary N) is 1. The molecule has 2 aliphatic heterocycles. The normalized spacial score (nSPS) is 31.2. The summed E-state index contributed by atoms with van der Waals surface area (Å²) in [5, 5.41) is 23.8. The van der Waals surface area contributed by atoms with Crippen LogP contribution in [0.3, 0.4) is 0 Å². The number of ether oxygens (including phenoxy) is 1. The lowest BCUT2D eigenvalue weighted by molar-refractivity contribution is -0.212. The van der Waals surface area contributed by atoms with Gasteiger partial charge in [-0.1, -0.05) is 24.3 Å². The molecule has 1 spiro atoms. The Labute approximate surface area is 185 Å². The smallest absolute Gasteiger partial charge is 0.471 e. The van der Waals surface area contributed by atoms with E-state index in [9.17, 15) is 28.2 Å². The van der Waals surface area contributed by atoms with Crippen molar-refractivity contribution in [2.45, 2.75) is 48.6 Å². The summed E-state index contributed by atoms with van der Waals surface area (Å²) in [4.78, 5) is 16.6. The van der Waals surface area contributed by atoms with Gasteiger partial charge in [0.2, 0.25) is 0 Å². The number of hydrogen-bond donors (Lipinski definition) is 3. The number of halogens is 3. The van der Waals surface area contributed by atoms with E-state index < -0.39 is 35.2 Å². The standard InChI is InChI=1S/C24H19F3N2O4/c25-24(26,27)21(31)29-8-7-22-17-11-5-6-15(30)19(17)33-20(22)18-13(10-23(22,32)16(29)9-11)12-3-1-2-4-14(12)28-18/h1-6,16,20,28,30,32H,7-10H2/t16-,20+,22+,23-/m1/s1. The maximum absolute atomic E-state index is 13.5. The lowest BCUT2D eigenvalue weighted by Gasteiger charge is -2.62. The highest BCUT2D eigenvalue weighted by Gasteiger charge is 2.74. The number of aliphatic hydroxyl groups is 1. The molecule has 170 valence electrons. The van der Waals surface area contributed by atoms with E-state index in [1.165, 1.54) is 6.07 Å². The monoisotopic (exact) mass is 456 g/mol. The molecule has 4 aliphatic rings. The largest absolute Gasteiger partial charge is 0.504 e. The average Bonchev–Trinajstić information content (AvgIpc) is 3.29. The number of aromatic hydroxyl groups is 1. The van der Waals surface area contributed by atoms with Crippen LogP contribution in [-0.2, 0) is 23.1 Å². The molecule has 2 aromatic carbocycles. The highest BCUT2D eigenvalue weighted by Crippen LogP contribution is 2.69. The Morgan fingerprint density at radius 3 is 2.79 bits per heavy atom. The zero-order chi connectivity index (χ0) is 22.9. The fraction of sp³-hybridized carbons (Fsp3) is 0.375.